The molecular weight excluding hydrogens is 190 g/mol. The molecule has 15 heavy (non-hydrogen) atoms. The van der Waals surface area contributed by atoms with Gasteiger partial charge in [-0.05, 0) is 25.2 Å². The van der Waals surface area contributed by atoms with Crippen LogP contribution in [0.25, 0.3) is 0 Å². The van der Waals surface area contributed by atoms with Crippen LogP contribution in [0.3, 0.4) is 0 Å². The first kappa shape index (κ1) is 14.4. The molecule has 0 aromatic carbocycles. The van der Waals surface area contributed by atoms with E-state index in [0.717, 1.165) is 0 Å². The second-order valence-electron chi connectivity index (χ2n) is 5.28. The molecule has 1 N–H and O–H groups in total. The zero-order valence-corrected chi connectivity index (χ0v) is 10.9. The lowest BCUT2D eigenvalue weighted by Gasteiger charge is -2.29. The van der Waals surface area contributed by atoms with Crippen molar-refractivity contribution >= 4 is 5.91 Å². The molecule has 0 aromatic rings. The first-order valence-electron chi connectivity index (χ1n) is 5.64. The lowest BCUT2D eigenvalue weighted by atomic mass is 9.81. The predicted octanol–water partition coefficient (Wildman–Crippen LogP) is 2.21. The van der Waals surface area contributed by atoms with Gasteiger partial charge in [0, 0.05) is 6.54 Å². The highest BCUT2D eigenvalue weighted by molar-refractivity contribution is 5.77. The molecule has 0 heterocycles. The summed E-state index contributed by atoms with van der Waals surface area (Å²) in [5, 5.41) is 2.90. The summed E-state index contributed by atoms with van der Waals surface area (Å²) < 4.78 is 5.22. The molecular formula is C12H25NO2. The average molecular weight is 215 g/mol. The van der Waals surface area contributed by atoms with Gasteiger partial charge in [0.2, 0.25) is 5.91 Å². The Labute approximate surface area is 93.6 Å². The van der Waals surface area contributed by atoms with Crippen molar-refractivity contribution in [3.8, 4) is 0 Å². The van der Waals surface area contributed by atoms with Gasteiger partial charge in [-0.15, -0.1) is 0 Å². The van der Waals surface area contributed by atoms with Crippen molar-refractivity contribution in [1.82, 2.24) is 5.32 Å². The van der Waals surface area contributed by atoms with Crippen molar-refractivity contribution in [1.29, 1.82) is 0 Å². The summed E-state index contributed by atoms with van der Waals surface area (Å²) in [5.41, 5.74) is 0.132. The normalized spacial score (nSPS) is 12.3. The SMILES string of the molecule is CC(C)OCC(=O)NCC(C)(C)C(C)C. The maximum Gasteiger partial charge on any atom is 0.246 e. The number of nitrogens with one attached hydrogen (secondary N) is 1. The molecule has 0 radical (unpaired) electrons. The number of hydrogen-bond donors (Lipinski definition) is 1. The molecule has 0 aliphatic heterocycles. The molecule has 0 aliphatic rings. The minimum absolute atomic E-state index is 0.0302. The Morgan fingerprint density at radius 2 is 1.80 bits per heavy atom. The van der Waals surface area contributed by atoms with Crippen LogP contribution >= 0.6 is 0 Å². The summed E-state index contributed by atoms with van der Waals surface area (Å²) >= 11 is 0. The van der Waals surface area contributed by atoms with Gasteiger partial charge in [-0.1, -0.05) is 27.7 Å². The number of hydrogen-bond acceptors (Lipinski definition) is 2. The van der Waals surface area contributed by atoms with E-state index in [-0.39, 0.29) is 24.0 Å². The molecule has 0 unspecified atom stereocenters. The maximum absolute atomic E-state index is 11.4. The molecule has 0 saturated heterocycles. The average Bonchev–Trinajstić information content (AvgIpc) is 2.11. The highest BCUT2D eigenvalue weighted by Crippen LogP contribution is 2.24. The van der Waals surface area contributed by atoms with Crippen molar-refractivity contribution in [3.63, 3.8) is 0 Å². The van der Waals surface area contributed by atoms with Gasteiger partial charge in [0.1, 0.15) is 6.61 Å². The van der Waals surface area contributed by atoms with E-state index in [4.69, 9.17) is 4.74 Å². The molecule has 3 heteroatoms. The smallest absolute Gasteiger partial charge is 0.246 e. The molecule has 3 nitrogen and oxygen atoms in total. The van der Waals surface area contributed by atoms with Crippen LogP contribution in [0.5, 0.6) is 0 Å². The quantitative estimate of drug-likeness (QED) is 0.737. The summed E-state index contributed by atoms with van der Waals surface area (Å²) in [6.45, 7) is 13.3. The highest BCUT2D eigenvalue weighted by atomic mass is 16.5. The van der Waals surface area contributed by atoms with Crippen LogP contribution in [-0.4, -0.2) is 25.2 Å². The molecule has 0 spiro atoms. The van der Waals surface area contributed by atoms with E-state index in [2.05, 4.69) is 33.0 Å². The summed E-state index contributed by atoms with van der Waals surface area (Å²) in [6, 6.07) is 0. The summed E-state index contributed by atoms with van der Waals surface area (Å²) in [7, 11) is 0. The van der Waals surface area contributed by atoms with E-state index in [9.17, 15) is 4.79 Å². The van der Waals surface area contributed by atoms with E-state index >= 15 is 0 Å². The zero-order valence-electron chi connectivity index (χ0n) is 10.9. The fourth-order valence-corrected chi connectivity index (χ4v) is 0.824. The van der Waals surface area contributed by atoms with Crippen molar-refractivity contribution in [2.24, 2.45) is 11.3 Å². The molecule has 0 atom stereocenters. The van der Waals surface area contributed by atoms with Gasteiger partial charge < -0.3 is 10.1 Å². The van der Waals surface area contributed by atoms with Gasteiger partial charge in [-0.2, -0.15) is 0 Å². The largest absolute Gasteiger partial charge is 0.369 e. The summed E-state index contributed by atoms with van der Waals surface area (Å²) in [6.07, 6.45) is 0.105. The van der Waals surface area contributed by atoms with Gasteiger partial charge in [0.15, 0.2) is 0 Å². The van der Waals surface area contributed by atoms with Crippen molar-refractivity contribution in [3.05, 3.63) is 0 Å². The van der Waals surface area contributed by atoms with Crippen molar-refractivity contribution in [2.45, 2.75) is 47.6 Å². The molecule has 0 aromatic heterocycles. The Hall–Kier alpha value is -0.570. The van der Waals surface area contributed by atoms with Crippen molar-refractivity contribution in [2.75, 3.05) is 13.2 Å². The van der Waals surface area contributed by atoms with Gasteiger partial charge in [0.05, 0.1) is 6.10 Å². The Balaban J connectivity index is 3.80. The monoisotopic (exact) mass is 215 g/mol. The zero-order chi connectivity index (χ0) is 12.1. The Kier molecular flexibility index (Phi) is 5.88. The second kappa shape index (κ2) is 6.11. The van der Waals surface area contributed by atoms with Crippen LogP contribution in [0.15, 0.2) is 0 Å². The topological polar surface area (TPSA) is 38.3 Å². The van der Waals surface area contributed by atoms with E-state index in [1.165, 1.54) is 0 Å². The fourth-order valence-electron chi connectivity index (χ4n) is 0.824. The summed E-state index contributed by atoms with van der Waals surface area (Å²) in [5.74, 6) is 0.515. The molecule has 0 aliphatic carbocycles. The van der Waals surface area contributed by atoms with Crippen LogP contribution in [0.2, 0.25) is 0 Å². The Bertz CT molecular complexity index is 198. The van der Waals surface area contributed by atoms with Gasteiger partial charge >= 0.3 is 0 Å². The molecule has 0 saturated carbocycles. The third kappa shape index (κ3) is 6.50. The molecule has 0 fully saturated rings. The van der Waals surface area contributed by atoms with E-state index in [1.54, 1.807) is 0 Å². The van der Waals surface area contributed by atoms with Gasteiger partial charge in [-0.25, -0.2) is 0 Å². The lowest BCUT2D eigenvalue weighted by molar-refractivity contribution is -0.127. The van der Waals surface area contributed by atoms with Crippen LogP contribution in [-0.2, 0) is 9.53 Å². The lowest BCUT2D eigenvalue weighted by Crippen LogP contribution is -2.38. The van der Waals surface area contributed by atoms with E-state index < -0.39 is 0 Å². The molecule has 0 rings (SSSR count). The number of ether oxygens (including phenoxy) is 1. The van der Waals surface area contributed by atoms with Gasteiger partial charge in [0.25, 0.3) is 0 Å². The molecule has 0 bridgehead atoms. The number of carbonyl (C=O) groups excluding carboxylic acids is 1. The summed E-state index contributed by atoms with van der Waals surface area (Å²) in [4.78, 5) is 11.4. The van der Waals surface area contributed by atoms with E-state index in [0.29, 0.717) is 12.5 Å². The highest BCUT2D eigenvalue weighted by Gasteiger charge is 2.22. The third-order valence-corrected chi connectivity index (χ3v) is 2.85. The van der Waals surface area contributed by atoms with Crippen LogP contribution in [0.1, 0.15) is 41.5 Å². The van der Waals surface area contributed by atoms with Gasteiger partial charge in [-0.3, -0.25) is 4.79 Å². The molecule has 1 amide bonds. The van der Waals surface area contributed by atoms with E-state index in [1.807, 2.05) is 13.8 Å². The van der Waals surface area contributed by atoms with Crippen LogP contribution in [0, 0.1) is 11.3 Å². The standard InChI is InChI=1S/C12H25NO2/c1-9(2)12(5,6)8-13-11(14)7-15-10(3)4/h9-10H,7-8H2,1-6H3,(H,13,14). The second-order valence-corrected chi connectivity index (χ2v) is 5.28. The number of carbonyl (C=O) groups is 1. The van der Waals surface area contributed by atoms with Crippen LogP contribution in [0.4, 0.5) is 0 Å². The Morgan fingerprint density at radius 3 is 2.20 bits per heavy atom. The first-order valence-corrected chi connectivity index (χ1v) is 5.64. The predicted molar refractivity (Wildman–Crippen MR) is 62.7 cm³/mol. The Morgan fingerprint density at radius 1 is 1.27 bits per heavy atom. The van der Waals surface area contributed by atoms with Crippen LogP contribution < -0.4 is 5.32 Å². The minimum atomic E-state index is -0.0302. The number of amides is 1. The fraction of sp³-hybridized carbons (Fsp3) is 0.917. The molecule has 90 valence electrons. The third-order valence-electron chi connectivity index (χ3n) is 2.85. The number of rotatable bonds is 6. The first-order chi connectivity index (χ1) is 6.75. The maximum atomic E-state index is 11.4. The minimum Gasteiger partial charge on any atom is -0.369 e. The van der Waals surface area contributed by atoms with Crippen molar-refractivity contribution < 1.29 is 9.53 Å².